The molecule has 0 atom stereocenters. The molecule has 5 aromatic rings. The van der Waals surface area contributed by atoms with E-state index in [-0.39, 0.29) is 0 Å². The summed E-state index contributed by atoms with van der Waals surface area (Å²) in [4.78, 5) is 19.3. The second kappa shape index (κ2) is 9.84. The highest BCUT2D eigenvalue weighted by atomic mass is 16.7. The van der Waals surface area contributed by atoms with Gasteiger partial charge in [-0.25, -0.2) is 15.0 Å². The highest BCUT2D eigenvalue weighted by Gasteiger charge is 2.51. The van der Waals surface area contributed by atoms with E-state index in [4.69, 9.17) is 24.3 Å². The Kier molecular flexibility index (Phi) is 6.33. The van der Waals surface area contributed by atoms with Gasteiger partial charge in [0.2, 0.25) is 0 Å². The van der Waals surface area contributed by atoms with Gasteiger partial charge in [-0.3, -0.25) is 4.98 Å². The zero-order valence-corrected chi connectivity index (χ0v) is 22.5. The van der Waals surface area contributed by atoms with Crippen molar-refractivity contribution in [2.45, 2.75) is 38.9 Å². The molecule has 0 amide bonds. The van der Waals surface area contributed by atoms with Crippen LogP contribution in [-0.4, -0.2) is 38.3 Å². The minimum Gasteiger partial charge on any atom is -0.399 e. The Hall–Kier alpha value is -4.20. The molecule has 0 spiro atoms. The molecule has 1 saturated heterocycles. The lowest BCUT2D eigenvalue weighted by Crippen LogP contribution is -2.41. The predicted molar refractivity (Wildman–Crippen MR) is 155 cm³/mol. The summed E-state index contributed by atoms with van der Waals surface area (Å²) < 4.78 is 12.8. The maximum absolute atomic E-state index is 6.42. The van der Waals surface area contributed by atoms with Crippen molar-refractivity contribution in [1.82, 2.24) is 19.9 Å². The Morgan fingerprint density at radius 3 is 1.54 bits per heavy atom. The fourth-order valence-electron chi connectivity index (χ4n) is 4.52. The molecule has 0 saturated carbocycles. The molecule has 192 valence electrons. The molecule has 3 heterocycles. The van der Waals surface area contributed by atoms with E-state index in [1.807, 2.05) is 84.9 Å². The Morgan fingerprint density at radius 2 is 1.03 bits per heavy atom. The monoisotopic (exact) mass is 512 g/mol. The van der Waals surface area contributed by atoms with Crippen LogP contribution in [0.3, 0.4) is 0 Å². The van der Waals surface area contributed by atoms with Gasteiger partial charge in [0, 0.05) is 28.5 Å². The van der Waals surface area contributed by atoms with Crippen LogP contribution in [0, 0.1) is 0 Å². The molecule has 1 fully saturated rings. The van der Waals surface area contributed by atoms with Gasteiger partial charge in [0.15, 0.2) is 17.5 Å². The van der Waals surface area contributed by atoms with Crippen molar-refractivity contribution >= 4 is 12.6 Å². The maximum atomic E-state index is 6.42. The maximum Gasteiger partial charge on any atom is 0.494 e. The van der Waals surface area contributed by atoms with Crippen molar-refractivity contribution in [3.63, 3.8) is 0 Å². The lowest BCUT2D eigenvalue weighted by Gasteiger charge is -2.32. The second-order valence-corrected chi connectivity index (χ2v) is 10.7. The fraction of sp³-hybridized carbons (Fsp3) is 0.188. The molecule has 6 nitrogen and oxygen atoms in total. The molecule has 1 aliphatic rings. The largest absolute Gasteiger partial charge is 0.494 e. The van der Waals surface area contributed by atoms with Gasteiger partial charge in [-0.1, -0.05) is 78.9 Å². The number of rotatable bonds is 5. The van der Waals surface area contributed by atoms with Gasteiger partial charge in [0.25, 0.3) is 0 Å². The molecule has 0 bridgehead atoms. The quantitative estimate of drug-likeness (QED) is 0.260. The minimum atomic E-state index is -0.540. The van der Waals surface area contributed by atoms with Crippen molar-refractivity contribution in [2.24, 2.45) is 0 Å². The van der Waals surface area contributed by atoms with Gasteiger partial charge in [-0.05, 0) is 51.4 Å². The Balaban J connectivity index is 1.54. The Labute approximate surface area is 229 Å². The summed E-state index contributed by atoms with van der Waals surface area (Å²) in [6.07, 6.45) is 1.79. The van der Waals surface area contributed by atoms with Crippen molar-refractivity contribution in [1.29, 1.82) is 0 Å². The lowest BCUT2D eigenvalue weighted by atomic mass is 9.77. The fourth-order valence-corrected chi connectivity index (χ4v) is 4.52. The predicted octanol–water partition coefficient (Wildman–Crippen LogP) is 6.23. The molecule has 0 aliphatic carbocycles. The van der Waals surface area contributed by atoms with Crippen LogP contribution in [0.1, 0.15) is 27.7 Å². The third-order valence-electron chi connectivity index (χ3n) is 7.40. The van der Waals surface area contributed by atoms with Crippen molar-refractivity contribution < 1.29 is 9.31 Å². The van der Waals surface area contributed by atoms with E-state index in [0.29, 0.717) is 17.5 Å². The summed E-state index contributed by atoms with van der Waals surface area (Å²) >= 11 is 0. The van der Waals surface area contributed by atoms with Crippen LogP contribution >= 0.6 is 0 Å². The number of hydrogen-bond acceptors (Lipinski definition) is 6. The molecule has 0 N–H and O–H groups in total. The molecular weight excluding hydrogens is 483 g/mol. The van der Waals surface area contributed by atoms with Crippen LogP contribution in [0.4, 0.5) is 0 Å². The first-order chi connectivity index (χ1) is 18.8. The molecule has 39 heavy (non-hydrogen) atoms. The summed E-state index contributed by atoms with van der Waals surface area (Å²) in [5.41, 5.74) is 4.41. The minimum absolute atomic E-state index is 0.465. The number of aromatic nitrogens is 4. The molecule has 0 radical (unpaired) electrons. The van der Waals surface area contributed by atoms with Gasteiger partial charge in [-0.2, -0.15) is 0 Å². The van der Waals surface area contributed by atoms with Crippen LogP contribution < -0.4 is 5.46 Å². The smallest absolute Gasteiger partial charge is 0.399 e. The van der Waals surface area contributed by atoms with Gasteiger partial charge in [0.1, 0.15) is 0 Å². The number of benzene rings is 3. The summed E-state index contributed by atoms with van der Waals surface area (Å²) in [5.74, 6) is 1.79. The van der Waals surface area contributed by atoms with Crippen LogP contribution in [0.5, 0.6) is 0 Å². The average molecular weight is 512 g/mol. The van der Waals surface area contributed by atoms with Gasteiger partial charge in [0.05, 0.1) is 16.9 Å². The van der Waals surface area contributed by atoms with E-state index in [0.717, 1.165) is 33.4 Å². The number of pyridine rings is 1. The summed E-state index contributed by atoms with van der Waals surface area (Å²) in [6, 6.07) is 32.0. The second-order valence-electron chi connectivity index (χ2n) is 10.7. The van der Waals surface area contributed by atoms with E-state index in [2.05, 4.69) is 44.8 Å². The summed E-state index contributed by atoms with van der Waals surface area (Å²) in [7, 11) is -0.540. The summed E-state index contributed by atoms with van der Waals surface area (Å²) in [5, 5.41) is 0. The highest BCUT2D eigenvalue weighted by molar-refractivity contribution is 6.62. The first-order valence-electron chi connectivity index (χ1n) is 13.1. The van der Waals surface area contributed by atoms with Crippen LogP contribution in [-0.2, 0) is 9.31 Å². The molecule has 6 rings (SSSR count). The SMILES string of the molecule is CC1(C)OB(c2cc(-c3ccccn3)cc(-c3nc(-c4ccccc4)nc(-c4ccccc4)n3)c2)OC1(C)C. The highest BCUT2D eigenvalue weighted by Crippen LogP contribution is 2.37. The molecule has 7 heteroatoms. The average Bonchev–Trinajstić information content (AvgIpc) is 3.20. The van der Waals surface area contributed by atoms with Gasteiger partial charge < -0.3 is 9.31 Å². The molecule has 3 aromatic carbocycles. The standard InChI is InChI=1S/C32H29BN4O2/c1-31(2)32(3,4)39-33(38-31)26-20-24(27-17-11-12-18-34-27)19-25(21-26)30-36-28(22-13-7-5-8-14-22)35-29(37-30)23-15-9-6-10-16-23/h5-21H,1-4H3. The van der Waals surface area contributed by atoms with E-state index in [1.165, 1.54) is 0 Å². The van der Waals surface area contributed by atoms with Crippen LogP contribution in [0.2, 0.25) is 0 Å². The zero-order chi connectivity index (χ0) is 27.0. The van der Waals surface area contributed by atoms with E-state index < -0.39 is 18.3 Å². The summed E-state index contributed by atoms with van der Waals surface area (Å²) in [6.45, 7) is 8.23. The van der Waals surface area contributed by atoms with E-state index in [9.17, 15) is 0 Å². The Morgan fingerprint density at radius 1 is 0.538 bits per heavy atom. The van der Waals surface area contributed by atoms with E-state index in [1.54, 1.807) is 6.20 Å². The van der Waals surface area contributed by atoms with E-state index >= 15 is 0 Å². The van der Waals surface area contributed by atoms with Gasteiger partial charge >= 0.3 is 7.12 Å². The van der Waals surface area contributed by atoms with Crippen LogP contribution in [0.15, 0.2) is 103 Å². The number of hydrogen-bond donors (Lipinski definition) is 0. The molecule has 0 unspecified atom stereocenters. The van der Waals surface area contributed by atoms with Crippen molar-refractivity contribution in [3.05, 3.63) is 103 Å². The number of nitrogens with zero attached hydrogens (tertiary/aromatic N) is 4. The molecule has 1 aliphatic heterocycles. The van der Waals surface area contributed by atoms with Crippen LogP contribution in [0.25, 0.3) is 45.4 Å². The Bertz CT molecular complexity index is 1540. The zero-order valence-electron chi connectivity index (χ0n) is 22.5. The molecule has 2 aromatic heterocycles. The third-order valence-corrected chi connectivity index (χ3v) is 7.40. The van der Waals surface area contributed by atoms with Gasteiger partial charge in [-0.15, -0.1) is 0 Å². The lowest BCUT2D eigenvalue weighted by molar-refractivity contribution is 0.00578. The first-order valence-corrected chi connectivity index (χ1v) is 13.1. The third kappa shape index (κ3) is 4.99. The van der Waals surface area contributed by atoms with Crippen molar-refractivity contribution in [2.75, 3.05) is 0 Å². The molecular formula is C32H29BN4O2. The topological polar surface area (TPSA) is 70.0 Å². The first kappa shape index (κ1) is 25.1. The normalized spacial score (nSPS) is 15.8. The van der Waals surface area contributed by atoms with Crippen molar-refractivity contribution in [3.8, 4) is 45.4 Å².